The third-order valence-corrected chi connectivity index (χ3v) is 3.65. The van der Waals surface area contributed by atoms with E-state index in [4.69, 9.17) is 5.73 Å². The summed E-state index contributed by atoms with van der Waals surface area (Å²) in [7, 11) is 3.83. The normalized spacial score (nSPS) is 25.1. The van der Waals surface area contributed by atoms with E-state index in [0.717, 1.165) is 19.5 Å². The maximum Gasteiger partial charge on any atom is 0.256 e. The van der Waals surface area contributed by atoms with Crippen LogP contribution in [0.15, 0.2) is 6.20 Å². The SMILES string of the molecule is CC1CN(C)CCC1NC(=O)c1cnn(C)c1N. The Morgan fingerprint density at radius 1 is 1.56 bits per heavy atom. The van der Waals surface area contributed by atoms with Gasteiger partial charge in [0.2, 0.25) is 0 Å². The monoisotopic (exact) mass is 251 g/mol. The first-order valence-electron chi connectivity index (χ1n) is 6.26. The van der Waals surface area contributed by atoms with E-state index in [9.17, 15) is 4.79 Å². The third-order valence-electron chi connectivity index (χ3n) is 3.65. The predicted octanol–water partition coefficient (Wildman–Crippen LogP) is 0.0723. The molecule has 1 saturated heterocycles. The Morgan fingerprint density at radius 2 is 2.28 bits per heavy atom. The van der Waals surface area contributed by atoms with Crippen molar-refractivity contribution in [3.8, 4) is 0 Å². The summed E-state index contributed by atoms with van der Waals surface area (Å²) in [5, 5.41) is 7.04. The van der Waals surface area contributed by atoms with E-state index in [0.29, 0.717) is 17.3 Å². The van der Waals surface area contributed by atoms with Crippen LogP contribution in [0.25, 0.3) is 0 Å². The molecule has 1 fully saturated rings. The van der Waals surface area contributed by atoms with Gasteiger partial charge in [0, 0.05) is 19.6 Å². The lowest BCUT2D eigenvalue weighted by Gasteiger charge is -2.35. The van der Waals surface area contributed by atoms with Gasteiger partial charge in [-0.15, -0.1) is 0 Å². The molecule has 0 bridgehead atoms. The lowest BCUT2D eigenvalue weighted by atomic mass is 9.94. The number of hydrogen-bond donors (Lipinski definition) is 2. The molecule has 2 heterocycles. The van der Waals surface area contributed by atoms with Crippen molar-refractivity contribution in [3.05, 3.63) is 11.8 Å². The molecule has 0 saturated carbocycles. The van der Waals surface area contributed by atoms with Gasteiger partial charge < -0.3 is 16.0 Å². The van der Waals surface area contributed by atoms with Gasteiger partial charge >= 0.3 is 0 Å². The van der Waals surface area contributed by atoms with Gasteiger partial charge in [-0.3, -0.25) is 9.48 Å². The van der Waals surface area contributed by atoms with E-state index in [-0.39, 0.29) is 11.9 Å². The first kappa shape index (κ1) is 12.9. The van der Waals surface area contributed by atoms with Crippen molar-refractivity contribution < 1.29 is 4.79 Å². The highest BCUT2D eigenvalue weighted by Gasteiger charge is 2.26. The van der Waals surface area contributed by atoms with Crippen molar-refractivity contribution in [1.82, 2.24) is 20.0 Å². The summed E-state index contributed by atoms with van der Waals surface area (Å²) in [4.78, 5) is 14.4. The summed E-state index contributed by atoms with van der Waals surface area (Å²) in [5.41, 5.74) is 6.26. The molecule has 2 unspecified atom stereocenters. The molecule has 18 heavy (non-hydrogen) atoms. The third kappa shape index (κ3) is 2.48. The minimum absolute atomic E-state index is 0.123. The van der Waals surface area contributed by atoms with Crippen molar-refractivity contribution >= 4 is 11.7 Å². The molecule has 6 nitrogen and oxygen atoms in total. The second-order valence-electron chi connectivity index (χ2n) is 5.18. The number of aromatic nitrogens is 2. The number of nitrogens with two attached hydrogens (primary N) is 1. The van der Waals surface area contributed by atoms with Gasteiger partial charge in [0.15, 0.2) is 0 Å². The van der Waals surface area contributed by atoms with E-state index in [1.54, 1.807) is 7.05 Å². The minimum atomic E-state index is -0.123. The van der Waals surface area contributed by atoms with Crippen molar-refractivity contribution in [2.75, 3.05) is 25.9 Å². The van der Waals surface area contributed by atoms with Gasteiger partial charge in [-0.25, -0.2) is 0 Å². The van der Waals surface area contributed by atoms with Crippen molar-refractivity contribution in [2.24, 2.45) is 13.0 Å². The fraction of sp³-hybridized carbons (Fsp3) is 0.667. The van der Waals surface area contributed by atoms with Crippen LogP contribution in [-0.2, 0) is 7.05 Å². The van der Waals surface area contributed by atoms with E-state index < -0.39 is 0 Å². The largest absolute Gasteiger partial charge is 0.383 e. The van der Waals surface area contributed by atoms with E-state index in [1.807, 2.05) is 0 Å². The number of nitrogens with one attached hydrogen (secondary N) is 1. The number of likely N-dealkylation sites (tertiary alicyclic amines) is 1. The van der Waals surface area contributed by atoms with Crippen LogP contribution in [0.1, 0.15) is 23.7 Å². The highest BCUT2D eigenvalue weighted by atomic mass is 16.1. The highest BCUT2D eigenvalue weighted by molar-refractivity contribution is 5.98. The molecular weight excluding hydrogens is 230 g/mol. The Morgan fingerprint density at radius 3 is 2.83 bits per heavy atom. The van der Waals surface area contributed by atoms with Crippen molar-refractivity contribution in [3.63, 3.8) is 0 Å². The zero-order chi connectivity index (χ0) is 13.3. The lowest BCUT2D eigenvalue weighted by Crippen LogP contribution is -2.48. The Balaban J connectivity index is 2.01. The maximum atomic E-state index is 12.1. The number of nitrogen functional groups attached to an aromatic ring is 1. The standard InChI is InChI=1S/C12H21N5O/c1-8-7-16(2)5-4-10(8)15-12(18)9-6-14-17(3)11(9)13/h6,8,10H,4-5,7,13H2,1-3H3,(H,15,18). The van der Waals surface area contributed by atoms with Crippen molar-refractivity contribution in [1.29, 1.82) is 0 Å². The molecule has 0 spiro atoms. The molecule has 1 aliphatic rings. The first-order chi connectivity index (χ1) is 8.49. The first-order valence-corrected chi connectivity index (χ1v) is 6.26. The Hall–Kier alpha value is -1.56. The Bertz CT molecular complexity index is 442. The molecule has 1 aliphatic heterocycles. The van der Waals surface area contributed by atoms with Gasteiger partial charge in [-0.1, -0.05) is 6.92 Å². The molecule has 1 aromatic rings. The number of hydrogen-bond acceptors (Lipinski definition) is 4. The second-order valence-corrected chi connectivity index (χ2v) is 5.18. The summed E-state index contributed by atoms with van der Waals surface area (Å²) in [5.74, 6) is 0.737. The van der Waals surface area contributed by atoms with Gasteiger partial charge in [-0.05, 0) is 25.9 Å². The Labute approximate surface area is 107 Å². The van der Waals surface area contributed by atoms with Gasteiger partial charge in [0.05, 0.1) is 6.20 Å². The van der Waals surface area contributed by atoms with Crippen LogP contribution in [0.5, 0.6) is 0 Å². The maximum absolute atomic E-state index is 12.1. The second kappa shape index (κ2) is 4.97. The van der Waals surface area contributed by atoms with Crippen LogP contribution < -0.4 is 11.1 Å². The number of rotatable bonds is 2. The van der Waals surface area contributed by atoms with Gasteiger partial charge in [-0.2, -0.15) is 5.10 Å². The summed E-state index contributed by atoms with van der Waals surface area (Å²) in [6, 6.07) is 0.216. The summed E-state index contributed by atoms with van der Waals surface area (Å²) >= 11 is 0. The summed E-state index contributed by atoms with van der Waals surface area (Å²) in [6.07, 6.45) is 2.49. The van der Waals surface area contributed by atoms with Crippen LogP contribution in [-0.4, -0.2) is 46.8 Å². The predicted molar refractivity (Wildman–Crippen MR) is 70.2 cm³/mol. The topological polar surface area (TPSA) is 76.2 Å². The molecule has 3 N–H and O–H groups in total. The zero-order valence-electron chi connectivity index (χ0n) is 11.2. The molecule has 1 amide bonds. The summed E-state index contributed by atoms with van der Waals surface area (Å²) in [6.45, 7) is 4.18. The van der Waals surface area contributed by atoms with E-state index in [1.165, 1.54) is 10.9 Å². The van der Waals surface area contributed by atoms with Gasteiger partial charge in [0.1, 0.15) is 11.4 Å². The number of amides is 1. The quantitative estimate of drug-likeness (QED) is 0.780. The Kier molecular flexibility index (Phi) is 3.56. The molecule has 1 aromatic heterocycles. The minimum Gasteiger partial charge on any atom is -0.383 e. The van der Waals surface area contributed by atoms with E-state index in [2.05, 4.69) is 29.3 Å². The number of nitrogens with zero attached hydrogens (tertiary/aromatic N) is 3. The summed E-state index contributed by atoms with van der Waals surface area (Å²) < 4.78 is 1.51. The fourth-order valence-electron chi connectivity index (χ4n) is 2.44. The van der Waals surface area contributed by atoms with Crippen molar-refractivity contribution in [2.45, 2.75) is 19.4 Å². The van der Waals surface area contributed by atoms with Crippen LogP contribution in [0, 0.1) is 5.92 Å². The van der Waals surface area contributed by atoms with Crippen LogP contribution >= 0.6 is 0 Å². The fourth-order valence-corrected chi connectivity index (χ4v) is 2.44. The smallest absolute Gasteiger partial charge is 0.256 e. The average Bonchev–Trinajstić information content (AvgIpc) is 2.64. The van der Waals surface area contributed by atoms with Crippen LogP contribution in [0.2, 0.25) is 0 Å². The molecule has 0 aromatic carbocycles. The molecule has 2 rings (SSSR count). The molecular formula is C12H21N5O. The number of carbonyl (C=O) groups is 1. The molecule has 100 valence electrons. The number of aryl methyl sites for hydroxylation is 1. The number of carbonyl (C=O) groups excluding carboxylic acids is 1. The van der Waals surface area contributed by atoms with Crippen LogP contribution in [0.4, 0.5) is 5.82 Å². The highest BCUT2D eigenvalue weighted by Crippen LogP contribution is 2.17. The number of piperidine rings is 1. The molecule has 0 radical (unpaired) electrons. The van der Waals surface area contributed by atoms with Crippen LogP contribution in [0.3, 0.4) is 0 Å². The lowest BCUT2D eigenvalue weighted by molar-refractivity contribution is 0.0884. The zero-order valence-corrected chi connectivity index (χ0v) is 11.2. The molecule has 0 aliphatic carbocycles. The van der Waals surface area contributed by atoms with Gasteiger partial charge in [0.25, 0.3) is 5.91 Å². The number of anilines is 1. The molecule has 6 heteroatoms. The van der Waals surface area contributed by atoms with E-state index >= 15 is 0 Å². The average molecular weight is 251 g/mol. The molecule has 2 atom stereocenters.